The summed E-state index contributed by atoms with van der Waals surface area (Å²) in [4.78, 5) is 12.3. The highest BCUT2D eigenvalue weighted by Gasteiger charge is 2.26. The van der Waals surface area contributed by atoms with Crippen molar-refractivity contribution in [2.45, 2.75) is 51.0 Å². The molecule has 1 fully saturated rings. The number of nitrogens with zero attached hydrogens (tertiary/aromatic N) is 1. The Morgan fingerprint density at radius 2 is 1.78 bits per heavy atom. The van der Waals surface area contributed by atoms with Crippen LogP contribution in [0.5, 0.6) is 0 Å². The molecular formula is C17H26N2O3S. The SMILES string of the molecule is CCN(CC)S(=O)(=O)c1ccc(C(C)NC(=O)C2CCC2)cc1. The van der Waals surface area contributed by atoms with Gasteiger partial charge in [-0.25, -0.2) is 8.42 Å². The minimum atomic E-state index is -3.43. The zero-order chi connectivity index (χ0) is 17.0. The fourth-order valence-corrected chi connectivity index (χ4v) is 4.18. The van der Waals surface area contributed by atoms with Crippen molar-refractivity contribution in [3.05, 3.63) is 29.8 Å². The molecule has 1 aliphatic rings. The first-order chi connectivity index (χ1) is 10.9. The highest BCUT2D eigenvalue weighted by Crippen LogP contribution is 2.27. The second-order valence-electron chi connectivity index (χ2n) is 6.02. The van der Waals surface area contributed by atoms with Crippen LogP contribution in [0.15, 0.2) is 29.2 Å². The standard InChI is InChI=1S/C17H26N2O3S/c1-4-19(5-2)23(21,22)16-11-9-14(10-12-16)13(3)18-17(20)15-7-6-8-15/h9-13,15H,4-8H2,1-3H3,(H,18,20). The first kappa shape index (κ1) is 17.9. The highest BCUT2D eigenvalue weighted by molar-refractivity contribution is 7.89. The van der Waals surface area contributed by atoms with Crippen LogP contribution in [0.2, 0.25) is 0 Å². The summed E-state index contributed by atoms with van der Waals surface area (Å²) in [6.45, 7) is 6.48. The molecule has 6 heteroatoms. The molecule has 0 aromatic heterocycles. The monoisotopic (exact) mass is 338 g/mol. The average Bonchev–Trinajstić information content (AvgIpc) is 2.46. The fourth-order valence-electron chi connectivity index (χ4n) is 2.73. The molecule has 0 saturated heterocycles. The van der Waals surface area contributed by atoms with Crippen LogP contribution in [0.3, 0.4) is 0 Å². The topological polar surface area (TPSA) is 66.5 Å². The van der Waals surface area contributed by atoms with E-state index in [-0.39, 0.29) is 17.9 Å². The van der Waals surface area contributed by atoms with E-state index < -0.39 is 10.0 Å². The Balaban J connectivity index is 2.07. The predicted octanol–water partition coefficient (Wildman–Crippen LogP) is 2.69. The Kier molecular flexibility index (Phi) is 5.81. The number of rotatable bonds is 7. The molecule has 0 spiro atoms. The van der Waals surface area contributed by atoms with Crippen LogP contribution in [0.25, 0.3) is 0 Å². The van der Waals surface area contributed by atoms with Crippen molar-refractivity contribution in [1.82, 2.24) is 9.62 Å². The molecule has 1 atom stereocenters. The Morgan fingerprint density at radius 1 is 1.22 bits per heavy atom. The number of sulfonamides is 1. The maximum atomic E-state index is 12.4. The third kappa shape index (κ3) is 3.93. The molecule has 1 unspecified atom stereocenters. The smallest absolute Gasteiger partial charge is 0.243 e. The van der Waals surface area contributed by atoms with E-state index in [1.807, 2.05) is 20.8 Å². The van der Waals surface area contributed by atoms with Gasteiger partial charge in [0.2, 0.25) is 15.9 Å². The van der Waals surface area contributed by atoms with Gasteiger partial charge in [0.1, 0.15) is 0 Å². The van der Waals surface area contributed by atoms with Gasteiger partial charge in [-0.3, -0.25) is 4.79 Å². The molecule has 0 heterocycles. The van der Waals surface area contributed by atoms with Gasteiger partial charge < -0.3 is 5.32 Å². The van der Waals surface area contributed by atoms with Gasteiger partial charge >= 0.3 is 0 Å². The molecule has 1 aromatic carbocycles. The lowest BCUT2D eigenvalue weighted by Crippen LogP contribution is -2.36. The van der Waals surface area contributed by atoms with E-state index in [4.69, 9.17) is 0 Å². The Labute approximate surface area is 139 Å². The van der Waals surface area contributed by atoms with Gasteiger partial charge in [-0.05, 0) is 37.5 Å². The largest absolute Gasteiger partial charge is 0.349 e. The van der Waals surface area contributed by atoms with Crippen LogP contribution >= 0.6 is 0 Å². The number of amides is 1. The Morgan fingerprint density at radius 3 is 2.22 bits per heavy atom. The van der Waals surface area contributed by atoms with Crippen molar-refractivity contribution in [3.8, 4) is 0 Å². The van der Waals surface area contributed by atoms with Crippen molar-refractivity contribution in [3.63, 3.8) is 0 Å². The highest BCUT2D eigenvalue weighted by atomic mass is 32.2. The first-order valence-electron chi connectivity index (χ1n) is 8.30. The number of benzene rings is 1. The lowest BCUT2D eigenvalue weighted by atomic mass is 9.84. The van der Waals surface area contributed by atoms with E-state index in [1.54, 1.807) is 24.3 Å². The van der Waals surface area contributed by atoms with Crippen molar-refractivity contribution in [1.29, 1.82) is 0 Å². The number of nitrogens with one attached hydrogen (secondary N) is 1. The Hall–Kier alpha value is -1.40. The number of carbonyl (C=O) groups is 1. The molecule has 0 aliphatic heterocycles. The van der Waals surface area contributed by atoms with Crippen LogP contribution < -0.4 is 5.32 Å². The number of hydrogen-bond donors (Lipinski definition) is 1. The van der Waals surface area contributed by atoms with Crippen molar-refractivity contribution < 1.29 is 13.2 Å². The normalized spacial score (nSPS) is 16.9. The van der Waals surface area contributed by atoms with E-state index in [2.05, 4.69) is 5.32 Å². The lowest BCUT2D eigenvalue weighted by Gasteiger charge is -2.26. The second kappa shape index (κ2) is 7.45. The quantitative estimate of drug-likeness (QED) is 0.831. The summed E-state index contributed by atoms with van der Waals surface area (Å²) >= 11 is 0. The van der Waals surface area contributed by atoms with Crippen molar-refractivity contribution in [2.75, 3.05) is 13.1 Å². The molecule has 1 saturated carbocycles. The van der Waals surface area contributed by atoms with E-state index in [0.29, 0.717) is 18.0 Å². The molecule has 0 radical (unpaired) electrons. The molecule has 23 heavy (non-hydrogen) atoms. The average molecular weight is 338 g/mol. The summed E-state index contributed by atoms with van der Waals surface area (Å²) < 4.78 is 26.3. The molecular weight excluding hydrogens is 312 g/mol. The minimum absolute atomic E-state index is 0.101. The van der Waals surface area contributed by atoms with E-state index in [0.717, 1.165) is 24.8 Å². The first-order valence-corrected chi connectivity index (χ1v) is 9.74. The molecule has 1 aliphatic carbocycles. The maximum absolute atomic E-state index is 12.4. The molecule has 5 nitrogen and oxygen atoms in total. The molecule has 0 bridgehead atoms. The predicted molar refractivity (Wildman–Crippen MR) is 90.4 cm³/mol. The molecule has 1 aromatic rings. The van der Waals surface area contributed by atoms with Gasteiger partial charge in [-0.15, -0.1) is 0 Å². The summed E-state index contributed by atoms with van der Waals surface area (Å²) in [5.41, 5.74) is 0.913. The number of carbonyl (C=O) groups excluding carboxylic acids is 1. The van der Waals surface area contributed by atoms with Crippen LogP contribution in [-0.2, 0) is 14.8 Å². The fraction of sp³-hybridized carbons (Fsp3) is 0.588. The van der Waals surface area contributed by atoms with Gasteiger partial charge in [0.05, 0.1) is 10.9 Å². The molecule has 2 rings (SSSR count). The number of hydrogen-bond acceptors (Lipinski definition) is 3. The summed E-state index contributed by atoms with van der Waals surface area (Å²) in [6.07, 6.45) is 3.07. The zero-order valence-electron chi connectivity index (χ0n) is 14.1. The maximum Gasteiger partial charge on any atom is 0.243 e. The van der Waals surface area contributed by atoms with Crippen molar-refractivity contribution >= 4 is 15.9 Å². The molecule has 1 N–H and O–H groups in total. The van der Waals surface area contributed by atoms with Crippen LogP contribution in [0, 0.1) is 5.92 Å². The van der Waals surface area contributed by atoms with E-state index in [1.165, 1.54) is 4.31 Å². The van der Waals surface area contributed by atoms with Crippen LogP contribution in [0.4, 0.5) is 0 Å². The van der Waals surface area contributed by atoms with Gasteiger partial charge in [0.25, 0.3) is 0 Å². The van der Waals surface area contributed by atoms with Gasteiger partial charge in [-0.1, -0.05) is 32.4 Å². The summed E-state index contributed by atoms with van der Waals surface area (Å²) in [6, 6.07) is 6.68. The third-order valence-corrected chi connectivity index (χ3v) is 6.62. The summed E-state index contributed by atoms with van der Waals surface area (Å²) in [5.74, 6) is 0.253. The van der Waals surface area contributed by atoms with Crippen molar-refractivity contribution in [2.24, 2.45) is 5.92 Å². The van der Waals surface area contributed by atoms with Gasteiger partial charge in [0.15, 0.2) is 0 Å². The minimum Gasteiger partial charge on any atom is -0.349 e. The molecule has 1 amide bonds. The lowest BCUT2D eigenvalue weighted by molar-refractivity contribution is -0.128. The zero-order valence-corrected chi connectivity index (χ0v) is 14.9. The molecule has 128 valence electrons. The van der Waals surface area contributed by atoms with Gasteiger partial charge in [-0.2, -0.15) is 4.31 Å². The second-order valence-corrected chi connectivity index (χ2v) is 7.95. The summed E-state index contributed by atoms with van der Waals surface area (Å²) in [5, 5.41) is 3.00. The van der Waals surface area contributed by atoms with E-state index in [9.17, 15) is 13.2 Å². The Bertz CT molecular complexity index is 632. The van der Waals surface area contributed by atoms with Crippen LogP contribution in [0.1, 0.15) is 51.6 Å². The van der Waals surface area contributed by atoms with Crippen LogP contribution in [-0.4, -0.2) is 31.7 Å². The van der Waals surface area contributed by atoms with Gasteiger partial charge in [0, 0.05) is 19.0 Å². The van der Waals surface area contributed by atoms with E-state index >= 15 is 0 Å². The third-order valence-electron chi connectivity index (χ3n) is 4.56. The summed E-state index contributed by atoms with van der Waals surface area (Å²) in [7, 11) is -3.43.